The molecule has 4 nitrogen and oxygen atoms in total. The van der Waals surface area contributed by atoms with Gasteiger partial charge in [-0.25, -0.2) is 0 Å². The monoisotopic (exact) mass is 1070 g/mol. The molecule has 0 radical (unpaired) electrons. The Morgan fingerprint density at radius 3 is 0.951 bits per heavy atom. The van der Waals surface area contributed by atoms with E-state index in [9.17, 15) is 0 Å². The summed E-state index contributed by atoms with van der Waals surface area (Å²) in [7, 11) is 0. The van der Waals surface area contributed by atoms with E-state index in [0.717, 1.165) is 58.5 Å². The molecular weight excluding hydrogens is 997 g/mol. The number of rotatable bonds is 16. The van der Waals surface area contributed by atoms with Gasteiger partial charge in [0, 0.05) is 33.5 Å². The highest BCUT2D eigenvalue weighted by atomic mass is 16.5. The summed E-state index contributed by atoms with van der Waals surface area (Å²) in [5.74, 6) is 1.71. The first-order chi connectivity index (χ1) is 39.9. The van der Waals surface area contributed by atoms with Crippen molar-refractivity contribution in [2.45, 2.75) is 105 Å². The second kappa shape index (κ2) is 21.2. The zero-order chi connectivity index (χ0) is 56.3. The molecule has 0 heterocycles. The number of unbranched alkanes of at least 4 members (excludes halogenated alkanes) is 2. The molecule has 0 aliphatic heterocycles. The Hall–Kier alpha value is -8.86. The van der Waals surface area contributed by atoms with E-state index < -0.39 is 0 Å². The van der Waals surface area contributed by atoms with Crippen LogP contribution in [0.15, 0.2) is 218 Å². The largest absolute Gasteiger partial charge is 0.488 e. The first kappa shape index (κ1) is 52.5. The van der Waals surface area contributed by atoms with E-state index >= 15 is 0 Å². The minimum absolute atomic E-state index is 0.311. The Kier molecular flexibility index (Phi) is 13.6. The van der Waals surface area contributed by atoms with Crippen LogP contribution < -0.4 is 19.3 Å². The Balaban J connectivity index is 1.10. The van der Waals surface area contributed by atoms with Gasteiger partial charge in [-0.3, -0.25) is 0 Å². The number of fused-ring (bicyclic) bond motifs is 6. The first-order valence-electron chi connectivity index (χ1n) is 29.7. The van der Waals surface area contributed by atoms with Crippen molar-refractivity contribution in [3.63, 3.8) is 0 Å². The van der Waals surface area contributed by atoms with Gasteiger partial charge in [-0.05, 0) is 239 Å². The average Bonchev–Trinajstić information content (AvgIpc) is 2.10. The third-order valence-corrected chi connectivity index (χ3v) is 16.3. The summed E-state index contributed by atoms with van der Waals surface area (Å²) in [5, 5.41) is 15.1. The van der Waals surface area contributed by atoms with Crippen LogP contribution >= 0.6 is 0 Å². The number of hydrogen-bond acceptors (Lipinski definition) is 4. The lowest BCUT2D eigenvalue weighted by Gasteiger charge is -2.28. The SMILES string of the molecule is CCCCc1ccc(N(c2ccc(OC(C)(C)C)cc2)c2ccc3c4c(-c5ccccc5)c5c6ccc(N(c7ccc(CCCC)cc7)c7ccc(OC(C)(C)C)cc7)c7cccc(c5c(-c5ccccc5)c4c4cccc2c43)c76)cc1. The molecule has 0 aliphatic carbocycles. The van der Waals surface area contributed by atoms with E-state index in [1.165, 1.54) is 124 Å². The minimum atomic E-state index is -0.311. The van der Waals surface area contributed by atoms with Crippen molar-refractivity contribution in [2.75, 3.05) is 9.80 Å². The van der Waals surface area contributed by atoms with Gasteiger partial charge in [0.25, 0.3) is 0 Å². The lowest BCUT2D eigenvalue weighted by atomic mass is 9.87. The smallest absolute Gasteiger partial charge is 0.120 e. The lowest BCUT2D eigenvalue weighted by Crippen LogP contribution is -2.22. The summed E-state index contributed by atoms with van der Waals surface area (Å²) in [5.41, 5.74) is 13.7. The van der Waals surface area contributed by atoms with Crippen molar-refractivity contribution in [2.24, 2.45) is 0 Å². The molecule has 82 heavy (non-hydrogen) atoms. The molecule has 0 aliphatic rings. The normalized spacial score (nSPS) is 12.2. The number of nitrogens with zero attached hydrogens (tertiary/aromatic N) is 2. The van der Waals surface area contributed by atoms with E-state index in [1.54, 1.807) is 0 Å². The second-order valence-corrected chi connectivity index (χ2v) is 24.3. The number of aryl methyl sites for hydroxylation is 2. The summed E-state index contributed by atoms with van der Waals surface area (Å²) in [6.07, 6.45) is 6.82. The van der Waals surface area contributed by atoms with E-state index in [4.69, 9.17) is 9.47 Å². The summed E-state index contributed by atoms with van der Waals surface area (Å²) >= 11 is 0. The average molecular weight is 1070 g/mol. The van der Waals surface area contributed by atoms with Gasteiger partial charge in [0.2, 0.25) is 0 Å². The number of benzene rings is 11. The highest BCUT2D eigenvalue weighted by Gasteiger charge is 2.30. The van der Waals surface area contributed by atoms with E-state index in [0.29, 0.717) is 0 Å². The summed E-state index contributed by atoms with van der Waals surface area (Å²) in [6.45, 7) is 17.1. The van der Waals surface area contributed by atoms with Crippen LogP contribution in [0.5, 0.6) is 11.5 Å². The molecule has 0 fully saturated rings. The molecule has 13 aromatic carbocycles. The van der Waals surface area contributed by atoms with Gasteiger partial charge in [0.05, 0.1) is 11.4 Å². The maximum Gasteiger partial charge on any atom is 0.120 e. The van der Waals surface area contributed by atoms with Crippen molar-refractivity contribution in [1.29, 1.82) is 0 Å². The summed E-state index contributed by atoms with van der Waals surface area (Å²) < 4.78 is 12.7. The molecule has 0 aromatic heterocycles. The molecule has 0 atom stereocenters. The fraction of sp³-hybridized carbons (Fsp3) is 0.205. The molecule has 0 amide bonds. The van der Waals surface area contributed by atoms with Gasteiger partial charge < -0.3 is 19.3 Å². The van der Waals surface area contributed by atoms with Gasteiger partial charge in [-0.2, -0.15) is 0 Å². The Labute approximate surface area is 483 Å². The highest BCUT2D eigenvalue weighted by molar-refractivity contribution is 6.47. The van der Waals surface area contributed by atoms with Gasteiger partial charge in [0.1, 0.15) is 22.7 Å². The van der Waals surface area contributed by atoms with E-state index in [1.807, 2.05) is 0 Å². The van der Waals surface area contributed by atoms with Crippen LogP contribution in [0.25, 0.3) is 86.9 Å². The van der Waals surface area contributed by atoms with Gasteiger partial charge in [0.15, 0.2) is 0 Å². The molecular formula is C78H72N2O2. The standard InChI is InChI=1S/C78H72N2O2/c1-9-11-21-51-31-35-55(36-32-51)79(57-39-43-59(44-40-57)81-77(3,4)5)67-49-47-65-71-61(67)27-19-29-63(71)73-69(53-23-15-13-16-24-53)74-64-30-20-28-62-68(50-48-66(72(62)64)76(74)70(75(65)73)54-25-17-14-18-26-54)80(56-37-33-52(34-38-56)22-12-10-2)58-41-45-60(46-42-58)82-78(6,7)8/h13-20,23-50H,9-12,21-22H2,1-8H3. The fourth-order valence-electron chi connectivity index (χ4n) is 12.9. The molecule has 0 N–H and O–H groups in total. The fourth-order valence-corrected chi connectivity index (χ4v) is 12.9. The van der Waals surface area contributed by atoms with Crippen LogP contribution in [-0.4, -0.2) is 11.2 Å². The highest BCUT2D eigenvalue weighted by Crippen LogP contribution is 2.58. The predicted molar refractivity (Wildman–Crippen MR) is 352 cm³/mol. The molecule has 13 rings (SSSR count). The predicted octanol–water partition coefficient (Wildman–Crippen LogP) is 22.8. The van der Waals surface area contributed by atoms with Crippen molar-refractivity contribution in [1.82, 2.24) is 0 Å². The van der Waals surface area contributed by atoms with E-state index in [-0.39, 0.29) is 11.2 Å². The van der Waals surface area contributed by atoms with Crippen LogP contribution in [0.1, 0.15) is 92.2 Å². The van der Waals surface area contributed by atoms with Gasteiger partial charge in [-0.1, -0.05) is 160 Å². The third kappa shape index (κ3) is 9.58. The van der Waals surface area contributed by atoms with Crippen LogP contribution in [-0.2, 0) is 12.8 Å². The van der Waals surface area contributed by atoms with Crippen molar-refractivity contribution >= 4 is 98.8 Å². The Morgan fingerprint density at radius 1 is 0.305 bits per heavy atom. The minimum Gasteiger partial charge on any atom is -0.488 e. The summed E-state index contributed by atoms with van der Waals surface area (Å²) in [4.78, 5) is 4.89. The van der Waals surface area contributed by atoms with Gasteiger partial charge in [-0.15, -0.1) is 0 Å². The zero-order valence-corrected chi connectivity index (χ0v) is 48.7. The second-order valence-electron chi connectivity index (χ2n) is 24.3. The Morgan fingerprint density at radius 2 is 0.622 bits per heavy atom. The molecule has 0 unspecified atom stereocenters. The maximum atomic E-state index is 6.37. The van der Waals surface area contributed by atoms with E-state index in [2.05, 4.69) is 284 Å². The van der Waals surface area contributed by atoms with Crippen molar-refractivity contribution < 1.29 is 9.47 Å². The van der Waals surface area contributed by atoms with Gasteiger partial charge >= 0.3 is 0 Å². The molecule has 4 heteroatoms. The zero-order valence-electron chi connectivity index (χ0n) is 48.7. The van der Waals surface area contributed by atoms with Crippen LogP contribution in [0.4, 0.5) is 34.1 Å². The number of anilines is 6. The molecule has 0 saturated heterocycles. The quantitative estimate of drug-likeness (QED) is 0.0963. The Bertz CT molecular complexity index is 4040. The third-order valence-electron chi connectivity index (χ3n) is 16.3. The molecule has 406 valence electrons. The van der Waals surface area contributed by atoms with Crippen molar-refractivity contribution in [3.05, 3.63) is 230 Å². The molecule has 13 aromatic rings. The summed E-state index contributed by atoms with van der Waals surface area (Å²) in [6, 6.07) is 81.8. The molecule has 0 bridgehead atoms. The maximum absolute atomic E-state index is 6.37. The topological polar surface area (TPSA) is 24.9 Å². The van der Waals surface area contributed by atoms with Crippen LogP contribution in [0.3, 0.4) is 0 Å². The number of ether oxygens (including phenoxy) is 2. The lowest BCUT2D eigenvalue weighted by molar-refractivity contribution is 0.130. The van der Waals surface area contributed by atoms with Crippen molar-refractivity contribution in [3.8, 4) is 33.8 Å². The molecule has 0 spiro atoms. The first-order valence-corrected chi connectivity index (χ1v) is 29.7. The molecule has 0 saturated carbocycles. The van der Waals surface area contributed by atoms with Crippen LogP contribution in [0.2, 0.25) is 0 Å². The van der Waals surface area contributed by atoms with Crippen LogP contribution in [0, 0.1) is 0 Å². The number of hydrogen-bond donors (Lipinski definition) is 0.